The Bertz CT molecular complexity index is 759. The topological polar surface area (TPSA) is 67.8 Å². The highest BCUT2D eigenvalue weighted by Gasteiger charge is 2.23. The number of aliphatic hydroxyl groups is 1. The maximum Gasteiger partial charge on any atom is 0.220 e. The van der Waals surface area contributed by atoms with Crippen LogP contribution in [0.4, 0.5) is 4.39 Å². The zero-order valence-corrected chi connectivity index (χ0v) is 15.9. The highest BCUT2D eigenvalue weighted by atomic mass is 19.1. The lowest BCUT2D eigenvalue weighted by molar-refractivity contribution is -0.122. The summed E-state index contributed by atoms with van der Waals surface area (Å²) in [7, 11) is 3.17. The van der Waals surface area contributed by atoms with E-state index in [-0.39, 0.29) is 18.3 Å². The summed E-state index contributed by atoms with van der Waals surface area (Å²) in [6.07, 6.45) is 1.73. The zero-order valence-electron chi connectivity index (χ0n) is 15.9. The number of hydrogen-bond acceptors (Lipinski definition) is 4. The Morgan fingerprint density at radius 3 is 2.41 bits per heavy atom. The molecule has 5 nitrogen and oxygen atoms in total. The van der Waals surface area contributed by atoms with E-state index in [4.69, 9.17) is 9.47 Å². The molecule has 2 rings (SSSR count). The van der Waals surface area contributed by atoms with Crippen molar-refractivity contribution in [3.8, 4) is 11.5 Å². The summed E-state index contributed by atoms with van der Waals surface area (Å²) in [4.78, 5) is 12.1. The van der Waals surface area contributed by atoms with Crippen molar-refractivity contribution in [1.82, 2.24) is 5.32 Å². The fourth-order valence-corrected chi connectivity index (χ4v) is 2.76. The molecule has 0 heterocycles. The quantitative estimate of drug-likeness (QED) is 0.706. The van der Waals surface area contributed by atoms with Crippen molar-refractivity contribution in [3.63, 3.8) is 0 Å². The number of aryl methyl sites for hydroxylation is 1. The molecule has 0 aliphatic carbocycles. The van der Waals surface area contributed by atoms with E-state index in [0.717, 1.165) is 12.0 Å². The fourth-order valence-electron chi connectivity index (χ4n) is 2.76. The molecule has 6 heteroatoms. The van der Waals surface area contributed by atoms with Gasteiger partial charge in [0, 0.05) is 6.42 Å². The van der Waals surface area contributed by atoms with Gasteiger partial charge in [-0.15, -0.1) is 0 Å². The van der Waals surface area contributed by atoms with Crippen molar-refractivity contribution >= 4 is 5.91 Å². The standard InChI is InChI=1S/C21H26FNO4/c1-21(25,16-8-10-17(22)11-9-16)14-23-20(24)6-4-5-15-7-12-18(26-2)19(13-15)27-3/h7-13,25H,4-6,14H2,1-3H3,(H,23,24). The minimum absolute atomic E-state index is 0.0633. The van der Waals surface area contributed by atoms with Gasteiger partial charge in [-0.25, -0.2) is 4.39 Å². The van der Waals surface area contributed by atoms with Gasteiger partial charge in [0.25, 0.3) is 0 Å². The van der Waals surface area contributed by atoms with Gasteiger partial charge >= 0.3 is 0 Å². The number of carbonyl (C=O) groups is 1. The Labute approximate surface area is 159 Å². The molecule has 1 amide bonds. The first kappa shape index (κ1) is 20.7. The average Bonchev–Trinajstić information content (AvgIpc) is 2.66. The lowest BCUT2D eigenvalue weighted by atomic mass is 9.96. The van der Waals surface area contributed by atoms with Gasteiger partial charge in [-0.2, -0.15) is 0 Å². The number of methoxy groups -OCH3 is 2. The normalized spacial score (nSPS) is 12.9. The molecule has 0 aliphatic rings. The Balaban J connectivity index is 1.80. The van der Waals surface area contributed by atoms with Crippen LogP contribution in [0.3, 0.4) is 0 Å². The van der Waals surface area contributed by atoms with Crippen LogP contribution >= 0.6 is 0 Å². The van der Waals surface area contributed by atoms with Crippen LogP contribution in [0.15, 0.2) is 42.5 Å². The second kappa shape index (κ2) is 9.37. The Kier molecular flexibility index (Phi) is 7.19. The number of rotatable bonds is 9. The second-order valence-electron chi connectivity index (χ2n) is 6.60. The molecule has 0 aliphatic heterocycles. The van der Waals surface area contributed by atoms with E-state index < -0.39 is 5.60 Å². The third kappa shape index (κ3) is 5.96. The van der Waals surface area contributed by atoms with Crippen molar-refractivity contribution in [2.24, 2.45) is 0 Å². The monoisotopic (exact) mass is 375 g/mol. The van der Waals surface area contributed by atoms with Crippen LogP contribution in [0.5, 0.6) is 11.5 Å². The molecule has 0 fully saturated rings. The molecule has 0 saturated carbocycles. The number of nitrogens with one attached hydrogen (secondary N) is 1. The third-order valence-electron chi connectivity index (χ3n) is 4.41. The van der Waals surface area contributed by atoms with Gasteiger partial charge in [-0.1, -0.05) is 18.2 Å². The first-order valence-electron chi connectivity index (χ1n) is 8.82. The molecular formula is C21H26FNO4. The summed E-state index contributed by atoms with van der Waals surface area (Å²) in [6.45, 7) is 1.65. The number of hydrogen-bond donors (Lipinski definition) is 2. The molecule has 0 spiro atoms. The van der Waals surface area contributed by atoms with E-state index in [1.165, 1.54) is 24.3 Å². The maximum atomic E-state index is 13.0. The molecule has 2 aromatic rings. The van der Waals surface area contributed by atoms with Gasteiger partial charge in [0.15, 0.2) is 11.5 Å². The van der Waals surface area contributed by atoms with Crippen LogP contribution in [-0.4, -0.2) is 31.8 Å². The molecule has 0 aromatic heterocycles. The van der Waals surface area contributed by atoms with Crippen LogP contribution in [0.1, 0.15) is 30.9 Å². The van der Waals surface area contributed by atoms with Crippen LogP contribution in [-0.2, 0) is 16.8 Å². The zero-order chi connectivity index (χ0) is 19.9. The predicted octanol–water partition coefficient (Wildman–Crippen LogP) is 3.19. The van der Waals surface area contributed by atoms with E-state index in [1.54, 1.807) is 21.1 Å². The van der Waals surface area contributed by atoms with Crippen molar-refractivity contribution in [3.05, 3.63) is 59.4 Å². The first-order chi connectivity index (χ1) is 12.9. The molecule has 2 aromatic carbocycles. The van der Waals surface area contributed by atoms with Gasteiger partial charge in [-0.3, -0.25) is 4.79 Å². The van der Waals surface area contributed by atoms with Gasteiger partial charge in [-0.05, 0) is 55.2 Å². The predicted molar refractivity (Wildman–Crippen MR) is 101 cm³/mol. The van der Waals surface area contributed by atoms with Crippen LogP contribution < -0.4 is 14.8 Å². The van der Waals surface area contributed by atoms with Gasteiger partial charge in [0.1, 0.15) is 11.4 Å². The summed E-state index contributed by atoms with van der Waals surface area (Å²) < 4.78 is 23.5. The molecule has 27 heavy (non-hydrogen) atoms. The number of carbonyl (C=O) groups excluding carboxylic acids is 1. The van der Waals surface area contributed by atoms with E-state index in [0.29, 0.717) is 29.9 Å². The first-order valence-corrected chi connectivity index (χ1v) is 8.82. The Morgan fingerprint density at radius 2 is 1.78 bits per heavy atom. The van der Waals surface area contributed by atoms with E-state index >= 15 is 0 Å². The van der Waals surface area contributed by atoms with Crippen LogP contribution in [0.2, 0.25) is 0 Å². The highest BCUT2D eigenvalue weighted by molar-refractivity contribution is 5.76. The van der Waals surface area contributed by atoms with E-state index in [9.17, 15) is 14.3 Å². The molecule has 146 valence electrons. The number of halogens is 1. The van der Waals surface area contributed by atoms with Crippen molar-refractivity contribution in [1.29, 1.82) is 0 Å². The summed E-state index contributed by atoms with van der Waals surface area (Å²) >= 11 is 0. The van der Waals surface area contributed by atoms with Gasteiger partial charge in [0.2, 0.25) is 5.91 Å². The second-order valence-corrected chi connectivity index (χ2v) is 6.60. The maximum absolute atomic E-state index is 13.0. The minimum atomic E-state index is -1.26. The van der Waals surface area contributed by atoms with Crippen molar-refractivity contribution < 1.29 is 23.8 Å². The third-order valence-corrected chi connectivity index (χ3v) is 4.41. The summed E-state index contributed by atoms with van der Waals surface area (Å²) in [5.41, 5.74) is 0.348. The summed E-state index contributed by atoms with van der Waals surface area (Å²) in [6, 6.07) is 11.3. The van der Waals surface area contributed by atoms with Crippen molar-refractivity contribution in [2.75, 3.05) is 20.8 Å². The Morgan fingerprint density at radius 1 is 1.11 bits per heavy atom. The lowest BCUT2D eigenvalue weighted by Gasteiger charge is -2.24. The van der Waals surface area contributed by atoms with E-state index in [1.807, 2.05) is 18.2 Å². The van der Waals surface area contributed by atoms with Gasteiger partial charge in [0.05, 0.1) is 20.8 Å². The van der Waals surface area contributed by atoms with Gasteiger partial charge < -0.3 is 19.9 Å². The summed E-state index contributed by atoms with van der Waals surface area (Å²) in [5, 5.41) is 13.2. The molecule has 0 radical (unpaired) electrons. The minimum Gasteiger partial charge on any atom is -0.493 e. The molecule has 0 bridgehead atoms. The fraction of sp³-hybridized carbons (Fsp3) is 0.381. The molecule has 1 unspecified atom stereocenters. The van der Waals surface area contributed by atoms with Crippen molar-refractivity contribution in [2.45, 2.75) is 31.8 Å². The van der Waals surface area contributed by atoms with Crippen LogP contribution in [0, 0.1) is 5.82 Å². The van der Waals surface area contributed by atoms with E-state index in [2.05, 4.69) is 5.32 Å². The number of benzene rings is 2. The number of ether oxygens (including phenoxy) is 2. The smallest absolute Gasteiger partial charge is 0.220 e. The average molecular weight is 375 g/mol. The molecule has 0 saturated heterocycles. The molecule has 2 N–H and O–H groups in total. The molecular weight excluding hydrogens is 349 g/mol. The largest absolute Gasteiger partial charge is 0.493 e. The van der Waals surface area contributed by atoms with Crippen LogP contribution in [0.25, 0.3) is 0 Å². The lowest BCUT2D eigenvalue weighted by Crippen LogP contribution is -2.38. The highest BCUT2D eigenvalue weighted by Crippen LogP contribution is 2.28. The summed E-state index contributed by atoms with van der Waals surface area (Å²) in [5.74, 6) is 0.823. The molecule has 1 atom stereocenters. The SMILES string of the molecule is COc1ccc(CCCC(=O)NCC(C)(O)c2ccc(F)cc2)cc1OC. The Hall–Kier alpha value is -2.60. The number of amides is 1.